The number of benzene rings is 2. The quantitative estimate of drug-likeness (QED) is 0.355. The number of aliphatic imine (C=N–C) groups is 1. The molecule has 0 aromatic heterocycles. The molecule has 1 saturated heterocycles. The minimum atomic E-state index is -4.53. The van der Waals surface area contributed by atoms with E-state index in [2.05, 4.69) is 41.0 Å². The summed E-state index contributed by atoms with van der Waals surface area (Å²) in [4.78, 5) is 21.8. The van der Waals surface area contributed by atoms with Crippen LogP contribution >= 0.6 is 23.4 Å². The van der Waals surface area contributed by atoms with Crippen molar-refractivity contribution in [2.75, 3.05) is 32.0 Å². The van der Waals surface area contributed by atoms with E-state index in [9.17, 15) is 18.0 Å². The van der Waals surface area contributed by atoms with Gasteiger partial charge in [0.2, 0.25) is 0 Å². The van der Waals surface area contributed by atoms with Gasteiger partial charge in [-0.05, 0) is 74.1 Å². The smallest absolute Gasteiger partial charge is 0.380 e. The van der Waals surface area contributed by atoms with Crippen LogP contribution in [0.4, 0.5) is 18.9 Å². The number of amidine groups is 1. The van der Waals surface area contributed by atoms with E-state index < -0.39 is 11.7 Å². The maximum atomic E-state index is 13.4. The number of carbonyl (C=O) groups is 1. The molecule has 1 amide bonds. The molecule has 0 unspecified atom stereocenters. The monoisotopic (exact) mass is 549 g/mol. The Balaban J connectivity index is 1.48. The maximum Gasteiger partial charge on any atom is 0.416 e. The third kappa shape index (κ3) is 6.19. The van der Waals surface area contributed by atoms with E-state index in [0.717, 1.165) is 31.9 Å². The highest BCUT2D eigenvalue weighted by atomic mass is 35.5. The summed E-state index contributed by atoms with van der Waals surface area (Å²) in [5.41, 5.74) is 0.880. The normalized spacial score (nSPS) is 19.3. The number of carbonyl (C=O) groups excluding carboxylic acids is 1. The van der Waals surface area contributed by atoms with Crippen LogP contribution in [-0.2, 0) is 17.5 Å². The second-order valence-electron chi connectivity index (χ2n) is 9.61. The number of nitrogens with zero attached hydrogens (tertiary/aromatic N) is 3. The van der Waals surface area contributed by atoms with Crippen molar-refractivity contribution >= 4 is 52.4 Å². The molecule has 2 aromatic rings. The largest absolute Gasteiger partial charge is 0.416 e. The minimum Gasteiger partial charge on any atom is -0.380 e. The number of rotatable bonds is 5. The maximum absolute atomic E-state index is 13.4. The summed E-state index contributed by atoms with van der Waals surface area (Å²) in [5.74, 6) is -0.308. The van der Waals surface area contributed by atoms with Gasteiger partial charge in [-0.25, -0.2) is 0 Å². The van der Waals surface area contributed by atoms with Crippen LogP contribution in [0.3, 0.4) is 0 Å². The molecule has 37 heavy (non-hydrogen) atoms. The van der Waals surface area contributed by atoms with Crippen LogP contribution in [-0.4, -0.2) is 59.3 Å². The van der Waals surface area contributed by atoms with Crippen molar-refractivity contribution < 1.29 is 18.0 Å². The van der Waals surface area contributed by atoms with Crippen LogP contribution in [0.15, 0.2) is 46.3 Å². The van der Waals surface area contributed by atoms with Gasteiger partial charge in [-0.3, -0.25) is 9.69 Å². The molecule has 6 nitrogen and oxygen atoms in total. The van der Waals surface area contributed by atoms with Gasteiger partial charge >= 0.3 is 6.18 Å². The van der Waals surface area contributed by atoms with E-state index in [0.29, 0.717) is 26.9 Å². The van der Waals surface area contributed by atoms with Crippen LogP contribution in [0.2, 0.25) is 5.02 Å². The number of thioether (sulfide) groups is 1. The molecule has 0 spiro atoms. The standard InChI is InChI=1S/C26H27ClF3N5OS/c1-25(2)15-35(9-8-34(25)3)24-33-23(36)22(37-24)11-16-4-7-21(18(10-16)13-31)32-14-17-5-6-19(27)12-20(17)26(28,29)30/h4-7,10-13,31-32H,8-9,14-15H2,1-3H3/b22-11-,31-13?. The average Bonchev–Trinajstić information content (AvgIpc) is 3.19. The van der Waals surface area contributed by atoms with Crippen LogP contribution in [0.5, 0.6) is 0 Å². The van der Waals surface area contributed by atoms with Crippen molar-refractivity contribution in [3.8, 4) is 0 Å². The van der Waals surface area contributed by atoms with E-state index >= 15 is 0 Å². The second kappa shape index (κ2) is 10.5. The zero-order valence-corrected chi connectivity index (χ0v) is 22.2. The summed E-state index contributed by atoms with van der Waals surface area (Å²) in [6.45, 7) is 6.64. The summed E-state index contributed by atoms with van der Waals surface area (Å²) in [6, 6.07) is 8.80. The molecule has 0 saturated carbocycles. The van der Waals surface area contributed by atoms with Gasteiger partial charge in [0.1, 0.15) is 0 Å². The first-order valence-corrected chi connectivity index (χ1v) is 12.8. The molecule has 0 aliphatic carbocycles. The van der Waals surface area contributed by atoms with Gasteiger partial charge in [0.25, 0.3) is 5.91 Å². The number of alkyl halides is 3. The van der Waals surface area contributed by atoms with Gasteiger partial charge in [-0.2, -0.15) is 18.2 Å². The van der Waals surface area contributed by atoms with Crippen molar-refractivity contribution in [3.63, 3.8) is 0 Å². The summed E-state index contributed by atoms with van der Waals surface area (Å²) in [5, 5.41) is 11.5. The molecule has 4 rings (SSSR count). The van der Waals surface area contributed by atoms with Crippen molar-refractivity contribution in [1.82, 2.24) is 9.80 Å². The number of hydrogen-bond donors (Lipinski definition) is 2. The Kier molecular flexibility index (Phi) is 7.73. The molecule has 2 aromatic carbocycles. The Hall–Kier alpha value is -2.82. The molecule has 196 valence electrons. The van der Waals surface area contributed by atoms with Gasteiger partial charge in [-0.1, -0.05) is 23.7 Å². The lowest BCUT2D eigenvalue weighted by molar-refractivity contribution is -0.138. The zero-order valence-electron chi connectivity index (χ0n) is 20.6. The Bertz CT molecular complexity index is 1290. The van der Waals surface area contributed by atoms with Crippen molar-refractivity contribution in [2.24, 2.45) is 4.99 Å². The van der Waals surface area contributed by atoms with E-state index in [1.54, 1.807) is 24.3 Å². The highest BCUT2D eigenvalue weighted by Crippen LogP contribution is 2.35. The summed E-state index contributed by atoms with van der Waals surface area (Å²) >= 11 is 7.09. The fraction of sp³-hybridized carbons (Fsp3) is 0.346. The van der Waals surface area contributed by atoms with Crippen molar-refractivity contribution in [1.29, 1.82) is 5.41 Å². The number of halogens is 4. The lowest BCUT2D eigenvalue weighted by Gasteiger charge is -2.45. The van der Waals surface area contributed by atoms with Crippen LogP contribution in [0.1, 0.15) is 36.1 Å². The lowest BCUT2D eigenvalue weighted by Crippen LogP contribution is -2.58. The van der Waals surface area contributed by atoms with Gasteiger partial charge in [0, 0.05) is 54.2 Å². The zero-order chi connectivity index (χ0) is 27.0. The molecule has 0 bridgehead atoms. The summed E-state index contributed by atoms with van der Waals surface area (Å²) in [7, 11) is 2.08. The predicted octanol–water partition coefficient (Wildman–Crippen LogP) is 5.96. The van der Waals surface area contributed by atoms with E-state index in [-0.39, 0.29) is 28.6 Å². The van der Waals surface area contributed by atoms with Crippen molar-refractivity contribution in [2.45, 2.75) is 32.1 Å². The molecule has 2 heterocycles. The fourth-order valence-corrected chi connectivity index (χ4v) is 5.31. The average molecular weight is 550 g/mol. The molecule has 2 N–H and O–H groups in total. The number of amides is 1. The highest BCUT2D eigenvalue weighted by molar-refractivity contribution is 8.18. The molecular weight excluding hydrogens is 523 g/mol. The van der Waals surface area contributed by atoms with Crippen LogP contribution < -0.4 is 5.32 Å². The number of nitrogens with one attached hydrogen (secondary N) is 2. The molecule has 0 atom stereocenters. The first kappa shape index (κ1) is 27.2. The van der Waals surface area contributed by atoms with Gasteiger partial charge in [0.15, 0.2) is 5.17 Å². The number of piperazine rings is 1. The van der Waals surface area contributed by atoms with Crippen LogP contribution in [0.25, 0.3) is 6.08 Å². The first-order chi connectivity index (χ1) is 17.4. The lowest BCUT2D eigenvalue weighted by atomic mass is 10.0. The fourth-order valence-electron chi connectivity index (χ4n) is 4.20. The van der Waals surface area contributed by atoms with Crippen molar-refractivity contribution in [3.05, 3.63) is 68.6 Å². The molecule has 11 heteroatoms. The Morgan fingerprint density at radius 3 is 2.65 bits per heavy atom. The summed E-state index contributed by atoms with van der Waals surface area (Å²) < 4.78 is 40.2. The number of likely N-dealkylation sites (N-methyl/N-ethyl adjacent to an activating group) is 1. The molecule has 1 fully saturated rings. The SMILES string of the molecule is CN1CCN(C2=NC(=O)/C(=C/c3ccc(NCc4ccc(Cl)cc4C(F)(F)F)c(C=N)c3)S2)CC1(C)C. The summed E-state index contributed by atoms with van der Waals surface area (Å²) in [6.07, 6.45) is -1.69. The molecule has 2 aliphatic heterocycles. The Morgan fingerprint density at radius 2 is 1.97 bits per heavy atom. The highest BCUT2D eigenvalue weighted by Gasteiger charge is 2.36. The Morgan fingerprint density at radius 1 is 1.22 bits per heavy atom. The van der Waals surface area contributed by atoms with E-state index in [4.69, 9.17) is 17.0 Å². The van der Waals surface area contributed by atoms with E-state index in [1.807, 2.05) is 0 Å². The third-order valence-corrected chi connectivity index (χ3v) is 7.85. The van der Waals surface area contributed by atoms with Gasteiger partial charge in [0.05, 0.1) is 10.5 Å². The van der Waals surface area contributed by atoms with Gasteiger partial charge < -0.3 is 15.6 Å². The molecule has 2 aliphatic rings. The minimum absolute atomic E-state index is 0.0106. The topological polar surface area (TPSA) is 71.8 Å². The Labute approximate surface area is 223 Å². The molecular formula is C26H27ClF3N5OS. The number of hydrogen-bond acceptors (Lipinski definition) is 6. The van der Waals surface area contributed by atoms with Crippen LogP contribution in [0, 0.1) is 5.41 Å². The predicted molar refractivity (Wildman–Crippen MR) is 144 cm³/mol. The number of anilines is 1. The van der Waals surface area contributed by atoms with E-state index in [1.165, 1.54) is 23.9 Å². The van der Waals surface area contributed by atoms with Gasteiger partial charge in [-0.15, -0.1) is 0 Å². The molecule has 0 radical (unpaired) electrons. The first-order valence-electron chi connectivity index (χ1n) is 11.6. The third-order valence-electron chi connectivity index (χ3n) is 6.57. The second-order valence-corrected chi connectivity index (χ2v) is 11.1.